The van der Waals surface area contributed by atoms with E-state index >= 15 is 0 Å². The van der Waals surface area contributed by atoms with E-state index < -0.39 is 0 Å². The molecule has 0 unspecified atom stereocenters. The first kappa shape index (κ1) is 12.1. The second kappa shape index (κ2) is 5.32. The second-order valence-electron chi connectivity index (χ2n) is 3.82. The van der Waals surface area contributed by atoms with Gasteiger partial charge < -0.3 is 4.74 Å². The molecule has 1 nitrogen and oxygen atoms in total. The van der Waals surface area contributed by atoms with E-state index in [0.717, 1.165) is 21.3 Å². The third-order valence-electron chi connectivity index (χ3n) is 2.44. The number of aryl methyl sites for hydroxylation is 1. The van der Waals surface area contributed by atoms with E-state index in [2.05, 4.69) is 15.9 Å². The smallest absolute Gasteiger partial charge is 0.123 e. The number of rotatable bonds is 3. The van der Waals surface area contributed by atoms with E-state index in [0.29, 0.717) is 6.61 Å². The molecule has 0 radical (unpaired) electrons. The van der Waals surface area contributed by atoms with E-state index in [1.54, 1.807) is 12.1 Å². The molecule has 0 atom stereocenters. The Morgan fingerprint density at radius 2 is 1.82 bits per heavy atom. The molecular formula is C14H12BrFO. The first-order valence-electron chi connectivity index (χ1n) is 5.28. The molecule has 0 heterocycles. The molecule has 2 aromatic rings. The summed E-state index contributed by atoms with van der Waals surface area (Å²) in [5.41, 5.74) is 2.02. The van der Waals surface area contributed by atoms with Gasteiger partial charge >= 0.3 is 0 Å². The van der Waals surface area contributed by atoms with Crippen molar-refractivity contribution in [1.29, 1.82) is 0 Å². The Balaban J connectivity index is 2.04. The maximum atomic E-state index is 12.7. The van der Waals surface area contributed by atoms with E-state index in [-0.39, 0.29) is 5.82 Å². The molecule has 17 heavy (non-hydrogen) atoms. The Hall–Kier alpha value is -1.35. The molecule has 0 bridgehead atoms. The summed E-state index contributed by atoms with van der Waals surface area (Å²) in [6.45, 7) is 2.44. The van der Waals surface area contributed by atoms with Crippen LogP contribution in [0.2, 0.25) is 0 Å². The second-order valence-corrected chi connectivity index (χ2v) is 4.74. The van der Waals surface area contributed by atoms with E-state index in [9.17, 15) is 4.39 Å². The average molecular weight is 295 g/mol. The lowest BCUT2D eigenvalue weighted by molar-refractivity contribution is 0.304. The molecule has 0 aliphatic carbocycles. The highest BCUT2D eigenvalue weighted by Gasteiger charge is 2.01. The van der Waals surface area contributed by atoms with Gasteiger partial charge in [0.05, 0.1) is 0 Å². The van der Waals surface area contributed by atoms with Crippen LogP contribution in [-0.4, -0.2) is 0 Å². The highest BCUT2D eigenvalue weighted by atomic mass is 79.9. The van der Waals surface area contributed by atoms with Crippen molar-refractivity contribution < 1.29 is 9.13 Å². The summed E-state index contributed by atoms with van der Waals surface area (Å²) in [7, 11) is 0. The maximum Gasteiger partial charge on any atom is 0.123 e. The Kier molecular flexibility index (Phi) is 3.79. The van der Waals surface area contributed by atoms with Crippen LogP contribution in [0.1, 0.15) is 11.1 Å². The zero-order chi connectivity index (χ0) is 12.3. The monoisotopic (exact) mass is 294 g/mol. The molecule has 0 aliphatic rings. The van der Waals surface area contributed by atoms with Crippen LogP contribution in [0.5, 0.6) is 5.75 Å². The van der Waals surface area contributed by atoms with Crippen LogP contribution in [0.15, 0.2) is 46.9 Å². The van der Waals surface area contributed by atoms with Gasteiger partial charge in [-0.1, -0.05) is 28.1 Å². The van der Waals surface area contributed by atoms with Crippen LogP contribution >= 0.6 is 15.9 Å². The molecule has 0 saturated carbocycles. The SMILES string of the molecule is Cc1cc(Br)ccc1OCc1ccc(F)cc1. The van der Waals surface area contributed by atoms with Crippen LogP contribution in [0.25, 0.3) is 0 Å². The number of ether oxygens (including phenoxy) is 1. The fraction of sp³-hybridized carbons (Fsp3) is 0.143. The lowest BCUT2D eigenvalue weighted by Gasteiger charge is -2.09. The van der Waals surface area contributed by atoms with Gasteiger partial charge in [0.1, 0.15) is 18.2 Å². The first-order chi connectivity index (χ1) is 8.15. The molecule has 0 aromatic heterocycles. The number of benzene rings is 2. The Morgan fingerprint density at radius 3 is 2.47 bits per heavy atom. The summed E-state index contributed by atoms with van der Waals surface area (Å²) < 4.78 is 19.4. The van der Waals surface area contributed by atoms with E-state index in [1.165, 1.54) is 12.1 Å². The van der Waals surface area contributed by atoms with Crippen molar-refractivity contribution in [3.8, 4) is 5.75 Å². The molecule has 0 aliphatic heterocycles. The molecule has 3 heteroatoms. The normalized spacial score (nSPS) is 10.3. The summed E-state index contributed by atoms with van der Waals surface area (Å²) in [4.78, 5) is 0. The highest BCUT2D eigenvalue weighted by Crippen LogP contribution is 2.23. The fourth-order valence-electron chi connectivity index (χ4n) is 1.52. The Morgan fingerprint density at radius 1 is 1.12 bits per heavy atom. The zero-order valence-electron chi connectivity index (χ0n) is 9.41. The summed E-state index contributed by atoms with van der Waals surface area (Å²) in [6.07, 6.45) is 0. The minimum atomic E-state index is -0.228. The zero-order valence-corrected chi connectivity index (χ0v) is 11.0. The van der Waals surface area contributed by atoms with Gasteiger partial charge in [-0.15, -0.1) is 0 Å². The van der Waals surface area contributed by atoms with Crippen LogP contribution in [0.3, 0.4) is 0 Å². The predicted molar refractivity (Wildman–Crippen MR) is 69.6 cm³/mol. The molecule has 0 saturated heterocycles. The molecule has 2 rings (SSSR count). The molecule has 0 amide bonds. The maximum absolute atomic E-state index is 12.7. The number of hydrogen-bond donors (Lipinski definition) is 0. The summed E-state index contributed by atoms with van der Waals surface area (Å²) in [5.74, 6) is 0.617. The minimum Gasteiger partial charge on any atom is -0.489 e. The van der Waals surface area contributed by atoms with Gasteiger partial charge in [-0.05, 0) is 48.4 Å². The Bertz CT molecular complexity index is 508. The molecular weight excluding hydrogens is 283 g/mol. The van der Waals surface area contributed by atoms with Crippen molar-refractivity contribution in [3.63, 3.8) is 0 Å². The van der Waals surface area contributed by atoms with E-state index in [4.69, 9.17) is 4.74 Å². The van der Waals surface area contributed by atoms with Crippen molar-refractivity contribution in [2.75, 3.05) is 0 Å². The average Bonchev–Trinajstić information content (AvgIpc) is 2.30. The van der Waals surface area contributed by atoms with Crippen LogP contribution < -0.4 is 4.74 Å². The Labute approximate surface area is 108 Å². The molecule has 0 N–H and O–H groups in total. The van der Waals surface area contributed by atoms with Crippen molar-refractivity contribution >= 4 is 15.9 Å². The lowest BCUT2D eigenvalue weighted by atomic mass is 10.2. The van der Waals surface area contributed by atoms with Crippen molar-refractivity contribution in [2.45, 2.75) is 13.5 Å². The number of hydrogen-bond acceptors (Lipinski definition) is 1. The quantitative estimate of drug-likeness (QED) is 0.811. The van der Waals surface area contributed by atoms with Crippen LogP contribution in [0, 0.1) is 12.7 Å². The van der Waals surface area contributed by atoms with Gasteiger partial charge in [0, 0.05) is 4.47 Å². The van der Waals surface area contributed by atoms with Gasteiger partial charge in [-0.2, -0.15) is 0 Å². The predicted octanol–water partition coefficient (Wildman–Crippen LogP) is 4.48. The van der Waals surface area contributed by atoms with E-state index in [1.807, 2.05) is 25.1 Å². The first-order valence-corrected chi connectivity index (χ1v) is 6.08. The standard InChI is InChI=1S/C14H12BrFO/c1-10-8-12(15)4-7-14(10)17-9-11-2-5-13(16)6-3-11/h2-8H,9H2,1H3. The van der Waals surface area contributed by atoms with Crippen LogP contribution in [0.4, 0.5) is 4.39 Å². The van der Waals surface area contributed by atoms with Gasteiger partial charge in [0.2, 0.25) is 0 Å². The van der Waals surface area contributed by atoms with Gasteiger partial charge in [0.25, 0.3) is 0 Å². The van der Waals surface area contributed by atoms with Gasteiger partial charge in [0.15, 0.2) is 0 Å². The molecule has 2 aromatic carbocycles. The fourth-order valence-corrected chi connectivity index (χ4v) is 1.99. The summed E-state index contributed by atoms with van der Waals surface area (Å²) >= 11 is 3.40. The number of halogens is 2. The van der Waals surface area contributed by atoms with Gasteiger partial charge in [-0.3, -0.25) is 0 Å². The topological polar surface area (TPSA) is 9.23 Å². The molecule has 0 spiro atoms. The third-order valence-corrected chi connectivity index (χ3v) is 2.94. The largest absolute Gasteiger partial charge is 0.489 e. The summed E-state index contributed by atoms with van der Waals surface area (Å²) in [6, 6.07) is 12.2. The van der Waals surface area contributed by atoms with Crippen molar-refractivity contribution in [3.05, 3.63) is 63.9 Å². The van der Waals surface area contributed by atoms with Crippen molar-refractivity contribution in [1.82, 2.24) is 0 Å². The molecule has 0 fully saturated rings. The van der Waals surface area contributed by atoms with Crippen LogP contribution in [-0.2, 0) is 6.61 Å². The summed E-state index contributed by atoms with van der Waals surface area (Å²) in [5, 5.41) is 0. The van der Waals surface area contributed by atoms with Gasteiger partial charge in [-0.25, -0.2) is 4.39 Å². The van der Waals surface area contributed by atoms with Crippen molar-refractivity contribution in [2.24, 2.45) is 0 Å². The lowest BCUT2D eigenvalue weighted by Crippen LogP contribution is -1.97. The highest BCUT2D eigenvalue weighted by molar-refractivity contribution is 9.10. The third kappa shape index (κ3) is 3.30. The minimum absolute atomic E-state index is 0.228. The molecule has 88 valence electrons.